The molecule has 0 aliphatic carbocycles. The van der Waals surface area contributed by atoms with Crippen LogP contribution >= 0.6 is 45.8 Å². The summed E-state index contributed by atoms with van der Waals surface area (Å²) < 4.78 is 1.17. The maximum absolute atomic E-state index is 6.20. The van der Waals surface area contributed by atoms with Gasteiger partial charge < -0.3 is 0 Å². The second-order valence-electron chi connectivity index (χ2n) is 3.82. The Labute approximate surface area is 130 Å². The van der Waals surface area contributed by atoms with Crippen LogP contribution in [-0.2, 0) is 0 Å². The predicted octanol–water partition coefficient (Wildman–Crippen LogP) is 4.15. The van der Waals surface area contributed by atoms with E-state index in [9.17, 15) is 0 Å². The zero-order valence-corrected chi connectivity index (χ0v) is 13.0. The lowest BCUT2D eigenvalue weighted by molar-refractivity contribution is 0.637. The van der Waals surface area contributed by atoms with Crippen LogP contribution in [0.25, 0.3) is 0 Å². The fraction of sp³-hybridized carbons (Fsp3) is 0.0769. The highest BCUT2D eigenvalue weighted by Crippen LogP contribution is 2.30. The summed E-state index contributed by atoms with van der Waals surface area (Å²) in [5.41, 5.74) is 4.69. The molecule has 0 aliphatic heterocycles. The first-order valence-electron chi connectivity index (χ1n) is 5.28. The number of rotatable bonds is 3. The Hall–Kier alpha value is -0.330. The molecule has 2 nitrogen and oxygen atoms in total. The second-order valence-corrected chi connectivity index (χ2v) is 5.91. The highest BCUT2D eigenvalue weighted by Gasteiger charge is 2.15. The molecule has 0 aliphatic rings. The summed E-state index contributed by atoms with van der Waals surface area (Å²) in [7, 11) is 0. The van der Waals surface area contributed by atoms with Gasteiger partial charge in [0.25, 0.3) is 0 Å². The van der Waals surface area contributed by atoms with Gasteiger partial charge in [0.2, 0.25) is 0 Å². The summed E-state index contributed by atoms with van der Waals surface area (Å²) in [6.45, 7) is 0. The molecule has 0 fully saturated rings. The van der Waals surface area contributed by atoms with Crippen LogP contribution in [0.4, 0.5) is 0 Å². The smallest absolute Gasteiger partial charge is 0.0725 e. The highest BCUT2D eigenvalue weighted by atomic mass is 127. The van der Waals surface area contributed by atoms with Crippen LogP contribution in [0.5, 0.6) is 0 Å². The monoisotopic (exact) mass is 392 g/mol. The van der Waals surface area contributed by atoms with Crippen molar-refractivity contribution in [1.82, 2.24) is 5.43 Å². The molecule has 3 N–H and O–H groups in total. The minimum atomic E-state index is -0.173. The van der Waals surface area contributed by atoms with Crippen LogP contribution in [0.15, 0.2) is 42.5 Å². The van der Waals surface area contributed by atoms with E-state index in [2.05, 4.69) is 28.0 Å². The fourth-order valence-corrected chi connectivity index (χ4v) is 2.52. The summed E-state index contributed by atoms with van der Waals surface area (Å²) in [6, 6.07) is 13.3. The van der Waals surface area contributed by atoms with Crippen molar-refractivity contribution in [1.29, 1.82) is 0 Å². The van der Waals surface area contributed by atoms with Gasteiger partial charge in [0, 0.05) is 13.6 Å². The zero-order valence-electron chi connectivity index (χ0n) is 9.33. The maximum atomic E-state index is 6.20. The molecule has 0 amide bonds. The van der Waals surface area contributed by atoms with Gasteiger partial charge in [-0.3, -0.25) is 5.84 Å². The molecule has 2 aromatic carbocycles. The van der Waals surface area contributed by atoms with E-state index < -0.39 is 0 Å². The summed E-state index contributed by atoms with van der Waals surface area (Å²) in [4.78, 5) is 0. The van der Waals surface area contributed by atoms with Gasteiger partial charge >= 0.3 is 0 Å². The average Bonchev–Trinajstić information content (AvgIpc) is 2.37. The first-order valence-corrected chi connectivity index (χ1v) is 7.12. The van der Waals surface area contributed by atoms with Gasteiger partial charge in [-0.05, 0) is 64.0 Å². The van der Waals surface area contributed by atoms with E-state index >= 15 is 0 Å². The minimum absolute atomic E-state index is 0.173. The summed E-state index contributed by atoms with van der Waals surface area (Å²) in [5, 5.41) is 1.28. The van der Waals surface area contributed by atoms with Gasteiger partial charge in [0.05, 0.1) is 6.04 Å². The Morgan fingerprint density at radius 1 is 1.06 bits per heavy atom. The number of nitrogens with one attached hydrogen (secondary N) is 1. The second kappa shape index (κ2) is 6.21. The molecule has 2 rings (SSSR count). The third kappa shape index (κ3) is 3.16. The molecule has 0 saturated heterocycles. The molecule has 18 heavy (non-hydrogen) atoms. The van der Waals surface area contributed by atoms with Crippen molar-refractivity contribution >= 4 is 45.8 Å². The van der Waals surface area contributed by atoms with Crippen molar-refractivity contribution in [3.63, 3.8) is 0 Å². The largest absolute Gasteiger partial charge is 0.271 e. The molecule has 0 heterocycles. The molecule has 1 unspecified atom stereocenters. The first kappa shape index (κ1) is 14.1. The Bertz CT molecular complexity index is 543. The molecule has 0 aromatic heterocycles. The van der Waals surface area contributed by atoms with Crippen LogP contribution in [0.2, 0.25) is 10.0 Å². The first-order chi connectivity index (χ1) is 8.61. The normalized spacial score (nSPS) is 12.4. The summed E-state index contributed by atoms with van der Waals surface area (Å²) in [5.74, 6) is 5.64. The van der Waals surface area contributed by atoms with E-state index in [1.54, 1.807) is 12.1 Å². The molecule has 0 radical (unpaired) electrons. The van der Waals surface area contributed by atoms with Crippen LogP contribution in [0.3, 0.4) is 0 Å². The van der Waals surface area contributed by atoms with Crippen molar-refractivity contribution in [3.05, 3.63) is 67.2 Å². The number of benzene rings is 2. The number of halogens is 3. The van der Waals surface area contributed by atoms with Crippen LogP contribution in [-0.4, -0.2) is 0 Å². The molecular formula is C13H11Cl2IN2. The SMILES string of the molecule is NNC(c1ccc(I)cc1)c1cc(Cl)ccc1Cl. The standard InChI is InChI=1S/C13H11Cl2IN2/c14-9-3-6-12(15)11(7-9)13(18-17)8-1-4-10(16)5-2-8/h1-7,13,18H,17H2. The number of nitrogens with two attached hydrogens (primary N) is 1. The van der Waals surface area contributed by atoms with Crippen LogP contribution < -0.4 is 11.3 Å². The lowest BCUT2D eigenvalue weighted by Crippen LogP contribution is -2.29. The molecule has 2 aromatic rings. The average molecular weight is 393 g/mol. The van der Waals surface area contributed by atoms with Crippen LogP contribution in [0.1, 0.15) is 17.2 Å². The van der Waals surface area contributed by atoms with Gasteiger partial charge in [-0.15, -0.1) is 0 Å². The Morgan fingerprint density at radius 3 is 2.33 bits per heavy atom. The number of hydrazine groups is 1. The zero-order chi connectivity index (χ0) is 13.1. The minimum Gasteiger partial charge on any atom is -0.271 e. The Balaban J connectivity index is 2.44. The van der Waals surface area contributed by atoms with Crippen molar-refractivity contribution < 1.29 is 0 Å². The fourth-order valence-electron chi connectivity index (χ4n) is 1.76. The molecule has 5 heteroatoms. The van der Waals surface area contributed by atoms with Gasteiger partial charge in [0.1, 0.15) is 0 Å². The van der Waals surface area contributed by atoms with Crippen molar-refractivity contribution in [2.45, 2.75) is 6.04 Å². The van der Waals surface area contributed by atoms with Gasteiger partial charge in [-0.2, -0.15) is 0 Å². The Morgan fingerprint density at radius 2 is 1.72 bits per heavy atom. The van der Waals surface area contributed by atoms with E-state index in [1.807, 2.05) is 30.3 Å². The molecule has 0 bridgehead atoms. The third-order valence-electron chi connectivity index (χ3n) is 2.64. The van der Waals surface area contributed by atoms with E-state index in [4.69, 9.17) is 29.0 Å². The van der Waals surface area contributed by atoms with Crippen LogP contribution in [0, 0.1) is 3.57 Å². The van der Waals surface area contributed by atoms with Crippen molar-refractivity contribution in [3.8, 4) is 0 Å². The van der Waals surface area contributed by atoms with E-state index in [0.717, 1.165) is 11.1 Å². The number of hydrogen-bond acceptors (Lipinski definition) is 2. The lowest BCUT2D eigenvalue weighted by atomic mass is 9.99. The van der Waals surface area contributed by atoms with Crippen molar-refractivity contribution in [2.75, 3.05) is 0 Å². The van der Waals surface area contributed by atoms with E-state index in [-0.39, 0.29) is 6.04 Å². The van der Waals surface area contributed by atoms with Gasteiger partial charge in [0.15, 0.2) is 0 Å². The Kier molecular flexibility index (Phi) is 4.86. The summed E-state index contributed by atoms with van der Waals surface area (Å²) in [6.07, 6.45) is 0. The molecule has 0 saturated carbocycles. The van der Waals surface area contributed by atoms with Crippen molar-refractivity contribution in [2.24, 2.45) is 5.84 Å². The van der Waals surface area contributed by atoms with Gasteiger partial charge in [-0.25, -0.2) is 5.43 Å². The topological polar surface area (TPSA) is 38.0 Å². The molecule has 1 atom stereocenters. The van der Waals surface area contributed by atoms with E-state index in [1.165, 1.54) is 3.57 Å². The molecule has 0 spiro atoms. The third-order valence-corrected chi connectivity index (χ3v) is 3.94. The lowest BCUT2D eigenvalue weighted by Gasteiger charge is -2.18. The number of hydrogen-bond donors (Lipinski definition) is 2. The maximum Gasteiger partial charge on any atom is 0.0725 e. The molecular weight excluding hydrogens is 382 g/mol. The predicted molar refractivity (Wildman–Crippen MR) is 84.8 cm³/mol. The molecule has 94 valence electrons. The highest BCUT2D eigenvalue weighted by molar-refractivity contribution is 14.1. The van der Waals surface area contributed by atoms with Gasteiger partial charge in [-0.1, -0.05) is 35.3 Å². The van der Waals surface area contributed by atoms with E-state index in [0.29, 0.717) is 10.0 Å². The quantitative estimate of drug-likeness (QED) is 0.467. The summed E-state index contributed by atoms with van der Waals surface area (Å²) >= 11 is 14.5.